The molecule has 3 aromatic rings. The molecule has 0 aliphatic carbocycles. The number of nitro groups is 2. The second kappa shape index (κ2) is 8.17. The highest BCUT2D eigenvalue weighted by Gasteiger charge is 2.07. The molecule has 1 heterocycles. The van der Waals surface area contributed by atoms with Gasteiger partial charge >= 0.3 is 0 Å². The molecule has 0 aliphatic heterocycles. The lowest BCUT2D eigenvalue weighted by Gasteiger charge is -1.96. The summed E-state index contributed by atoms with van der Waals surface area (Å²) in [5.41, 5.74) is 6.61. The Labute approximate surface area is 146 Å². The Balaban J connectivity index is 0.000000232. The van der Waals surface area contributed by atoms with E-state index in [0.29, 0.717) is 16.1 Å². The molecule has 126 valence electrons. The Morgan fingerprint density at radius 1 is 1.04 bits per heavy atom. The highest BCUT2D eigenvalue weighted by atomic mass is 32.1. The molecule has 0 radical (unpaired) electrons. The van der Waals surface area contributed by atoms with Crippen LogP contribution in [0.15, 0.2) is 41.3 Å². The summed E-state index contributed by atoms with van der Waals surface area (Å²) in [5.74, 6) is 0. The zero-order chi connectivity index (χ0) is 17.0. The molecular weight excluding hydrogens is 354 g/mol. The quantitative estimate of drug-likeness (QED) is 0.305. The van der Waals surface area contributed by atoms with Crippen LogP contribution in [0.1, 0.15) is 7.43 Å². The molecule has 0 atom stereocenters. The molecular formula is C13H13N5O4S2. The fourth-order valence-electron chi connectivity index (χ4n) is 1.53. The molecule has 2 aromatic carbocycles. The molecule has 0 amide bonds. The highest BCUT2D eigenvalue weighted by molar-refractivity contribution is 7.80. The number of hydrogen-bond acceptors (Lipinski definition) is 9. The lowest BCUT2D eigenvalue weighted by atomic mass is 10.3. The van der Waals surface area contributed by atoms with Gasteiger partial charge < -0.3 is 5.73 Å². The average Bonchev–Trinajstić information content (AvgIpc) is 2.97. The van der Waals surface area contributed by atoms with Crippen molar-refractivity contribution in [2.75, 3.05) is 5.73 Å². The van der Waals surface area contributed by atoms with Gasteiger partial charge in [0, 0.05) is 34.8 Å². The number of nitrogens with two attached hydrogens (primary N) is 1. The summed E-state index contributed by atoms with van der Waals surface area (Å²) in [5, 5.41) is 24.3. The van der Waals surface area contributed by atoms with Gasteiger partial charge in [-0.1, -0.05) is 11.9 Å². The molecule has 0 aliphatic rings. The Morgan fingerprint density at radius 3 is 2.21 bits per heavy atom. The summed E-state index contributed by atoms with van der Waals surface area (Å²) in [6.45, 7) is 0. The van der Waals surface area contributed by atoms with E-state index in [1.165, 1.54) is 30.3 Å². The minimum Gasteiger partial charge on any atom is -0.398 e. The first-order chi connectivity index (χ1) is 10.9. The van der Waals surface area contributed by atoms with E-state index in [2.05, 4.69) is 22.2 Å². The van der Waals surface area contributed by atoms with Gasteiger partial charge in [0.1, 0.15) is 5.52 Å². The van der Waals surface area contributed by atoms with Crippen LogP contribution in [-0.2, 0) is 0 Å². The van der Waals surface area contributed by atoms with Gasteiger partial charge in [0.25, 0.3) is 11.4 Å². The molecule has 0 spiro atoms. The molecule has 9 nitrogen and oxygen atoms in total. The Morgan fingerprint density at radius 2 is 1.62 bits per heavy atom. The normalized spacial score (nSPS) is 9.54. The number of rotatable bonds is 2. The van der Waals surface area contributed by atoms with Gasteiger partial charge in [0.15, 0.2) is 0 Å². The van der Waals surface area contributed by atoms with Crippen molar-refractivity contribution in [1.82, 2.24) is 9.59 Å². The van der Waals surface area contributed by atoms with E-state index in [1.54, 1.807) is 6.07 Å². The maximum Gasteiger partial charge on any atom is 0.271 e. The molecule has 0 fully saturated rings. The highest BCUT2D eigenvalue weighted by Crippen LogP contribution is 2.22. The summed E-state index contributed by atoms with van der Waals surface area (Å²) in [7, 11) is 0. The van der Waals surface area contributed by atoms with Crippen molar-refractivity contribution in [3.05, 3.63) is 56.6 Å². The van der Waals surface area contributed by atoms with Gasteiger partial charge in [0.2, 0.25) is 0 Å². The number of nitrogens with zero attached hydrogens (tertiary/aromatic N) is 4. The molecule has 0 unspecified atom stereocenters. The number of anilines is 1. The summed E-state index contributed by atoms with van der Waals surface area (Å²) < 4.78 is 4.41. The molecule has 24 heavy (non-hydrogen) atoms. The van der Waals surface area contributed by atoms with Crippen molar-refractivity contribution in [2.45, 2.75) is 12.3 Å². The maximum atomic E-state index is 10.3. The van der Waals surface area contributed by atoms with Crippen molar-refractivity contribution in [3.63, 3.8) is 0 Å². The number of hydrogen-bond donors (Lipinski definition) is 2. The Bertz CT molecular complexity index is 884. The van der Waals surface area contributed by atoms with Crippen LogP contribution in [0, 0.1) is 20.2 Å². The number of thiol groups is 1. The maximum absolute atomic E-state index is 10.3. The molecule has 0 bridgehead atoms. The SMILES string of the molecule is C.Nc1ccc([N+](=O)[O-])cc1S.O=[N+]([O-])c1ccc2nnsc2c1. The van der Waals surface area contributed by atoms with Crippen LogP contribution in [-0.4, -0.2) is 19.4 Å². The van der Waals surface area contributed by atoms with Crippen LogP contribution >= 0.6 is 24.2 Å². The van der Waals surface area contributed by atoms with Crippen molar-refractivity contribution in [2.24, 2.45) is 0 Å². The number of fused-ring (bicyclic) bond motifs is 1. The van der Waals surface area contributed by atoms with Crippen molar-refractivity contribution in [3.8, 4) is 0 Å². The summed E-state index contributed by atoms with van der Waals surface area (Å²) in [4.78, 5) is 20.0. The number of nitrogen functional groups attached to an aromatic ring is 1. The van der Waals surface area contributed by atoms with Crippen molar-refractivity contribution >= 4 is 51.4 Å². The van der Waals surface area contributed by atoms with Crippen molar-refractivity contribution in [1.29, 1.82) is 0 Å². The number of aromatic nitrogens is 2. The zero-order valence-corrected chi connectivity index (χ0v) is 13.0. The van der Waals surface area contributed by atoms with Crippen LogP contribution < -0.4 is 5.73 Å². The van der Waals surface area contributed by atoms with E-state index < -0.39 is 9.85 Å². The number of nitro benzene ring substituents is 2. The topological polar surface area (TPSA) is 138 Å². The first-order valence-corrected chi connectivity index (χ1v) is 7.20. The summed E-state index contributed by atoms with van der Waals surface area (Å²) in [6.07, 6.45) is 0. The van der Waals surface area contributed by atoms with Gasteiger partial charge in [-0.25, -0.2) is 0 Å². The average molecular weight is 367 g/mol. The lowest BCUT2D eigenvalue weighted by Crippen LogP contribution is -1.90. The standard InChI is InChI=1S/C6H3N3O2S.C6H6N2O2S.CH4/c10-9(11)4-1-2-5-6(3-4)12-8-7-5;7-5-2-1-4(8(9)10)3-6(5)11;/h1-3H;1-3,11H,7H2;1H4. The Hall–Kier alpha value is -2.79. The van der Waals surface area contributed by atoms with Gasteiger partial charge in [-0.2, -0.15) is 0 Å². The van der Waals surface area contributed by atoms with Gasteiger partial charge in [-0.3, -0.25) is 20.2 Å². The second-order valence-electron chi connectivity index (χ2n) is 4.18. The van der Waals surface area contributed by atoms with Crippen LogP contribution in [0.5, 0.6) is 0 Å². The minimum atomic E-state index is -0.487. The molecule has 0 saturated heterocycles. The first kappa shape index (κ1) is 19.3. The van der Waals surface area contributed by atoms with Gasteiger partial charge in [-0.15, -0.1) is 17.7 Å². The predicted molar refractivity (Wildman–Crippen MR) is 95.6 cm³/mol. The van der Waals surface area contributed by atoms with Crippen molar-refractivity contribution < 1.29 is 9.85 Å². The molecule has 1 aromatic heterocycles. The third-order valence-corrected chi connectivity index (χ3v) is 3.74. The third kappa shape index (κ3) is 4.60. The van der Waals surface area contributed by atoms with E-state index in [9.17, 15) is 20.2 Å². The van der Waals surface area contributed by atoms with E-state index in [0.717, 1.165) is 16.2 Å². The smallest absolute Gasteiger partial charge is 0.271 e. The zero-order valence-electron chi connectivity index (χ0n) is 11.3. The second-order valence-corrected chi connectivity index (χ2v) is 5.45. The predicted octanol–water partition coefficient (Wildman–Crippen LogP) is 3.70. The van der Waals surface area contributed by atoms with E-state index >= 15 is 0 Å². The van der Waals surface area contributed by atoms with Crippen LogP contribution in [0.4, 0.5) is 17.1 Å². The number of non-ortho nitro benzene ring substituents is 2. The number of benzene rings is 2. The van der Waals surface area contributed by atoms with E-state index in [-0.39, 0.29) is 18.8 Å². The fourth-order valence-corrected chi connectivity index (χ4v) is 2.33. The van der Waals surface area contributed by atoms with Crippen LogP contribution in [0.2, 0.25) is 0 Å². The molecule has 0 saturated carbocycles. The third-order valence-electron chi connectivity index (χ3n) is 2.67. The van der Waals surface area contributed by atoms with E-state index in [1.807, 2.05) is 0 Å². The fraction of sp³-hybridized carbons (Fsp3) is 0.0769. The lowest BCUT2D eigenvalue weighted by molar-refractivity contribution is -0.385. The Kier molecular flexibility index (Phi) is 6.56. The monoisotopic (exact) mass is 367 g/mol. The summed E-state index contributed by atoms with van der Waals surface area (Å²) >= 11 is 5.09. The first-order valence-electron chi connectivity index (χ1n) is 5.98. The molecule has 3 rings (SSSR count). The van der Waals surface area contributed by atoms with Crippen LogP contribution in [0.3, 0.4) is 0 Å². The van der Waals surface area contributed by atoms with Crippen LogP contribution in [0.25, 0.3) is 10.2 Å². The van der Waals surface area contributed by atoms with E-state index in [4.69, 9.17) is 5.73 Å². The van der Waals surface area contributed by atoms with Gasteiger partial charge in [-0.05, 0) is 23.7 Å². The minimum absolute atomic E-state index is 0. The van der Waals surface area contributed by atoms with Gasteiger partial charge in [0.05, 0.1) is 14.5 Å². The summed E-state index contributed by atoms with van der Waals surface area (Å²) in [6, 6.07) is 8.61. The largest absolute Gasteiger partial charge is 0.398 e. The molecule has 2 N–H and O–H groups in total. The molecule has 11 heteroatoms.